The number of halogens is 1. The SMILES string of the molecule is Nc1ccc(-c2ccccc2Br)[nH]c1=O. The van der Waals surface area contributed by atoms with Crippen LogP contribution in [0.2, 0.25) is 0 Å². The molecule has 1 aromatic carbocycles. The van der Waals surface area contributed by atoms with Crippen LogP contribution in [-0.2, 0) is 0 Å². The van der Waals surface area contributed by atoms with Crippen molar-refractivity contribution in [3.05, 3.63) is 51.2 Å². The number of anilines is 1. The first kappa shape index (κ1) is 9.98. The van der Waals surface area contributed by atoms with Gasteiger partial charge in [0.15, 0.2) is 0 Å². The largest absolute Gasteiger partial charge is 0.394 e. The molecule has 0 aliphatic heterocycles. The average Bonchev–Trinajstić information content (AvgIpc) is 2.23. The van der Waals surface area contributed by atoms with Gasteiger partial charge in [0, 0.05) is 15.7 Å². The molecule has 1 aromatic heterocycles. The minimum Gasteiger partial charge on any atom is -0.394 e. The van der Waals surface area contributed by atoms with Crippen LogP contribution in [0.3, 0.4) is 0 Å². The van der Waals surface area contributed by atoms with Gasteiger partial charge < -0.3 is 10.7 Å². The van der Waals surface area contributed by atoms with Gasteiger partial charge in [0.1, 0.15) is 0 Å². The van der Waals surface area contributed by atoms with E-state index in [2.05, 4.69) is 20.9 Å². The van der Waals surface area contributed by atoms with Crippen LogP contribution in [0, 0.1) is 0 Å². The molecule has 2 rings (SSSR count). The van der Waals surface area contributed by atoms with Crippen LogP contribution in [0.15, 0.2) is 45.7 Å². The van der Waals surface area contributed by atoms with Gasteiger partial charge in [0.2, 0.25) is 0 Å². The Kier molecular flexibility index (Phi) is 2.60. The van der Waals surface area contributed by atoms with E-state index in [1.807, 2.05) is 24.3 Å². The summed E-state index contributed by atoms with van der Waals surface area (Å²) in [6, 6.07) is 11.1. The predicted octanol–water partition coefficient (Wildman–Crippen LogP) is 2.39. The van der Waals surface area contributed by atoms with Gasteiger partial charge in [-0.05, 0) is 18.2 Å². The van der Waals surface area contributed by atoms with E-state index in [-0.39, 0.29) is 11.2 Å². The van der Waals surface area contributed by atoms with Gasteiger partial charge in [-0.2, -0.15) is 0 Å². The molecule has 0 unspecified atom stereocenters. The fraction of sp³-hybridized carbons (Fsp3) is 0. The van der Waals surface area contributed by atoms with E-state index in [1.165, 1.54) is 0 Å². The monoisotopic (exact) mass is 264 g/mol. The Morgan fingerprint density at radius 2 is 1.87 bits per heavy atom. The lowest BCUT2D eigenvalue weighted by Crippen LogP contribution is -2.11. The van der Waals surface area contributed by atoms with Crippen molar-refractivity contribution in [1.29, 1.82) is 0 Å². The highest BCUT2D eigenvalue weighted by atomic mass is 79.9. The van der Waals surface area contributed by atoms with Crippen molar-refractivity contribution < 1.29 is 0 Å². The lowest BCUT2D eigenvalue weighted by Gasteiger charge is -2.04. The molecule has 0 spiro atoms. The number of pyridine rings is 1. The Bertz CT molecular complexity index is 548. The Balaban J connectivity index is 2.60. The number of nitrogens with one attached hydrogen (secondary N) is 1. The molecular weight excluding hydrogens is 256 g/mol. The van der Waals surface area contributed by atoms with E-state index < -0.39 is 0 Å². The van der Waals surface area contributed by atoms with Gasteiger partial charge in [-0.15, -0.1) is 0 Å². The minimum absolute atomic E-state index is 0.228. The minimum atomic E-state index is -0.261. The first-order valence-corrected chi connectivity index (χ1v) is 5.21. The molecule has 2 aromatic rings. The molecule has 0 aliphatic rings. The molecule has 3 nitrogen and oxygen atoms in total. The lowest BCUT2D eigenvalue weighted by atomic mass is 10.1. The maximum atomic E-state index is 11.3. The van der Waals surface area contributed by atoms with E-state index in [0.29, 0.717) is 0 Å². The molecule has 0 atom stereocenters. The molecule has 1 heterocycles. The van der Waals surface area contributed by atoms with Gasteiger partial charge in [0.25, 0.3) is 5.56 Å². The van der Waals surface area contributed by atoms with Crippen molar-refractivity contribution in [2.75, 3.05) is 5.73 Å². The topological polar surface area (TPSA) is 58.9 Å². The van der Waals surface area contributed by atoms with Crippen molar-refractivity contribution in [2.45, 2.75) is 0 Å². The van der Waals surface area contributed by atoms with E-state index in [1.54, 1.807) is 12.1 Å². The van der Waals surface area contributed by atoms with Crippen LogP contribution in [0.4, 0.5) is 5.69 Å². The van der Waals surface area contributed by atoms with Crippen LogP contribution in [0.5, 0.6) is 0 Å². The number of nitrogen functional groups attached to an aromatic ring is 1. The fourth-order valence-electron chi connectivity index (χ4n) is 1.32. The van der Waals surface area contributed by atoms with Gasteiger partial charge >= 0.3 is 0 Å². The molecule has 3 N–H and O–H groups in total. The van der Waals surface area contributed by atoms with Crippen molar-refractivity contribution in [1.82, 2.24) is 4.98 Å². The summed E-state index contributed by atoms with van der Waals surface area (Å²) in [6.07, 6.45) is 0. The highest BCUT2D eigenvalue weighted by Gasteiger charge is 2.03. The van der Waals surface area contributed by atoms with Crippen molar-refractivity contribution >= 4 is 21.6 Å². The second-order valence-corrected chi connectivity index (χ2v) is 3.99. The second kappa shape index (κ2) is 3.90. The summed E-state index contributed by atoms with van der Waals surface area (Å²) in [4.78, 5) is 14.1. The second-order valence-electron chi connectivity index (χ2n) is 3.14. The fourth-order valence-corrected chi connectivity index (χ4v) is 1.82. The number of aromatic amines is 1. The number of nitrogens with two attached hydrogens (primary N) is 1. The van der Waals surface area contributed by atoms with Gasteiger partial charge in [0.05, 0.1) is 5.69 Å². The maximum Gasteiger partial charge on any atom is 0.271 e. The highest BCUT2D eigenvalue weighted by Crippen LogP contribution is 2.25. The summed E-state index contributed by atoms with van der Waals surface area (Å²) in [5.74, 6) is 0. The summed E-state index contributed by atoms with van der Waals surface area (Å²) < 4.78 is 0.936. The predicted molar refractivity (Wildman–Crippen MR) is 64.6 cm³/mol. The number of hydrogen-bond donors (Lipinski definition) is 2. The molecule has 0 aliphatic carbocycles. The highest BCUT2D eigenvalue weighted by molar-refractivity contribution is 9.10. The third-order valence-electron chi connectivity index (χ3n) is 2.10. The summed E-state index contributed by atoms with van der Waals surface area (Å²) in [7, 11) is 0. The molecule has 0 saturated carbocycles. The summed E-state index contributed by atoms with van der Waals surface area (Å²) in [5, 5.41) is 0. The van der Waals surface area contributed by atoms with Gasteiger partial charge in [-0.3, -0.25) is 4.79 Å². The molecule has 15 heavy (non-hydrogen) atoms. The smallest absolute Gasteiger partial charge is 0.271 e. The number of hydrogen-bond acceptors (Lipinski definition) is 2. The van der Waals surface area contributed by atoms with Crippen LogP contribution in [0.1, 0.15) is 0 Å². The van der Waals surface area contributed by atoms with Gasteiger partial charge in [-0.25, -0.2) is 0 Å². The third-order valence-corrected chi connectivity index (χ3v) is 2.80. The molecule has 76 valence electrons. The Labute approximate surface area is 95.1 Å². The summed E-state index contributed by atoms with van der Waals surface area (Å²) in [5.41, 5.74) is 7.11. The zero-order chi connectivity index (χ0) is 10.8. The molecule has 0 radical (unpaired) electrons. The van der Waals surface area contributed by atoms with Crippen molar-refractivity contribution in [3.63, 3.8) is 0 Å². The Hall–Kier alpha value is -1.55. The first-order chi connectivity index (χ1) is 7.18. The van der Waals surface area contributed by atoms with Crippen LogP contribution in [-0.4, -0.2) is 4.98 Å². The zero-order valence-electron chi connectivity index (χ0n) is 7.83. The lowest BCUT2D eigenvalue weighted by molar-refractivity contribution is 1.24. The number of aromatic nitrogens is 1. The van der Waals surface area contributed by atoms with Crippen molar-refractivity contribution in [3.8, 4) is 11.3 Å². The molecule has 0 fully saturated rings. The molecule has 4 heteroatoms. The number of benzene rings is 1. The number of rotatable bonds is 1. The molecule has 0 bridgehead atoms. The van der Waals surface area contributed by atoms with Gasteiger partial charge in [-0.1, -0.05) is 34.1 Å². The summed E-state index contributed by atoms with van der Waals surface area (Å²) >= 11 is 3.42. The normalized spacial score (nSPS) is 10.2. The van der Waals surface area contributed by atoms with Crippen LogP contribution < -0.4 is 11.3 Å². The summed E-state index contributed by atoms with van der Waals surface area (Å²) in [6.45, 7) is 0. The van der Waals surface area contributed by atoms with E-state index in [9.17, 15) is 4.79 Å². The standard InChI is InChI=1S/C11H9BrN2O/c12-8-4-2-1-3-7(8)10-6-5-9(13)11(15)14-10/h1-6H,13H2,(H,14,15). The quantitative estimate of drug-likeness (QED) is 0.831. The van der Waals surface area contributed by atoms with E-state index in [0.717, 1.165) is 15.7 Å². The van der Waals surface area contributed by atoms with E-state index >= 15 is 0 Å². The van der Waals surface area contributed by atoms with Crippen LogP contribution >= 0.6 is 15.9 Å². The van der Waals surface area contributed by atoms with Crippen LogP contribution in [0.25, 0.3) is 11.3 Å². The van der Waals surface area contributed by atoms with Crippen molar-refractivity contribution in [2.24, 2.45) is 0 Å². The zero-order valence-corrected chi connectivity index (χ0v) is 9.41. The van der Waals surface area contributed by atoms with E-state index in [4.69, 9.17) is 5.73 Å². The molecule has 0 saturated heterocycles. The average molecular weight is 265 g/mol. The third kappa shape index (κ3) is 1.94. The molecular formula is C11H9BrN2O. The Morgan fingerprint density at radius 3 is 2.53 bits per heavy atom. The first-order valence-electron chi connectivity index (χ1n) is 4.42. The maximum absolute atomic E-state index is 11.3. The Morgan fingerprint density at radius 1 is 1.13 bits per heavy atom. The number of H-pyrrole nitrogens is 1. The molecule has 0 amide bonds.